The van der Waals surface area contributed by atoms with E-state index >= 15 is 0 Å². The predicted molar refractivity (Wildman–Crippen MR) is 66.8 cm³/mol. The molecule has 0 saturated carbocycles. The fourth-order valence-electron chi connectivity index (χ4n) is 1.45. The number of nitro benzene ring substituents is 1. The average molecular weight is 266 g/mol. The van der Waals surface area contributed by atoms with Gasteiger partial charge in [-0.1, -0.05) is 6.07 Å². The molecule has 7 heteroatoms. The van der Waals surface area contributed by atoms with Gasteiger partial charge in [-0.05, 0) is 25.5 Å². The number of hydrogen-bond acceptors (Lipinski definition) is 5. The number of hydrogen-bond donors (Lipinski definition) is 1. The second-order valence-electron chi connectivity index (χ2n) is 3.77. The van der Waals surface area contributed by atoms with Crippen LogP contribution in [0.2, 0.25) is 0 Å². The van der Waals surface area contributed by atoms with Gasteiger partial charge in [0.15, 0.2) is 0 Å². The predicted octanol–water partition coefficient (Wildman–Crippen LogP) is 1.20. The second kappa shape index (κ2) is 6.48. The molecular weight excluding hydrogens is 252 g/mol. The summed E-state index contributed by atoms with van der Waals surface area (Å²) in [4.78, 5) is 33.1. The van der Waals surface area contributed by atoms with Crippen molar-refractivity contribution in [2.75, 3.05) is 13.2 Å². The zero-order valence-corrected chi connectivity index (χ0v) is 10.6. The van der Waals surface area contributed by atoms with Gasteiger partial charge in [-0.3, -0.25) is 19.7 Å². The zero-order chi connectivity index (χ0) is 14.4. The fraction of sp³-hybridized carbons (Fsp3) is 0.333. The second-order valence-corrected chi connectivity index (χ2v) is 3.77. The molecule has 0 aliphatic carbocycles. The lowest BCUT2D eigenvalue weighted by molar-refractivity contribution is -0.385. The third-order valence-corrected chi connectivity index (χ3v) is 2.29. The molecule has 7 nitrogen and oxygen atoms in total. The summed E-state index contributed by atoms with van der Waals surface area (Å²) in [5, 5.41) is 13.1. The van der Waals surface area contributed by atoms with Gasteiger partial charge in [0, 0.05) is 6.07 Å². The number of esters is 1. The maximum Gasteiger partial charge on any atom is 0.325 e. The minimum absolute atomic E-state index is 0.0747. The lowest BCUT2D eigenvalue weighted by atomic mass is 10.1. The van der Waals surface area contributed by atoms with Crippen LogP contribution in [0.15, 0.2) is 18.2 Å². The van der Waals surface area contributed by atoms with E-state index < -0.39 is 16.8 Å². The minimum Gasteiger partial charge on any atom is -0.465 e. The van der Waals surface area contributed by atoms with E-state index in [0.29, 0.717) is 5.56 Å². The van der Waals surface area contributed by atoms with Gasteiger partial charge in [0.05, 0.1) is 11.5 Å². The Bertz CT molecular complexity index is 513. The Kier molecular flexibility index (Phi) is 4.99. The van der Waals surface area contributed by atoms with E-state index in [1.807, 2.05) is 0 Å². The SMILES string of the molecule is CCOC(=O)CNC(=O)c1cc(C)ccc1[N+](=O)[O-]. The highest BCUT2D eigenvalue weighted by atomic mass is 16.6. The zero-order valence-electron chi connectivity index (χ0n) is 10.6. The molecule has 1 amide bonds. The Hall–Kier alpha value is -2.44. The molecule has 0 bridgehead atoms. The summed E-state index contributed by atoms with van der Waals surface area (Å²) in [6.45, 7) is 3.24. The standard InChI is InChI=1S/C12H14N2O5/c1-3-19-11(15)7-13-12(16)9-6-8(2)4-5-10(9)14(17)18/h4-6H,3,7H2,1-2H3,(H,13,16). The van der Waals surface area contributed by atoms with E-state index in [1.54, 1.807) is 19.9 Å². The summed E-state index contributed by atoms with van der Waals surface area (Å²) >= 11 is 0. The highest BCUT2D eigenvalue weighted by Crippen LogP contribution is 2.19. The van der Waals surface area contributed by atoms with E-state index in [4.69, 9.17) is 0 Å². The van der Waals surface area contributed by atoms with Gasteiger partial charge >= 0.3 is 5.97 Å². The van der Waals surface area contributed by atoms with E-state index in [0.717, 1.165) is 0 Å². The molecule has 0 radical (unpaired) electrons. The Labute approximate surface area is 109 Å². The summed E-state index contributed by atoms with van der Waals surface area (Å²) in [5.41, 5.74) is 0.341. The third kappa shape index (κ3) is 4.06. The van der Waals surface area contributed by atoms with E-state index in [9.17, 15) is 19.7 Å². The van der Waals surface area contributed by atoms with Gasteiger partial charge in [0.25, 0.3) is 11.6 Å². The Morgan fingerprint density at radius 2 is 2.11 bits per heavy atom. The molecule has 0 aromatic heterocycles. The normalized spacial score (nSPS) is 9.79. The van der Waals surface area contributed by atoms with Crippen LogP contribution in [0.25, 0.3) is 0 Å². The van der Waals surface area contributed by atoms with Gasteiger partial charge in [0.1, 0.15) is 12.1 Å². The van der Waals surface area contributed by atoms with Gasteiger partial charge in [-0.2, -0.15) is 0 Å². The molecule has 1 N–H and O–H groups in total. The molecule has 1 aromatic rings. The molecule has 0 heterocycles. The molecule has 1 aromatic carbocycles. The number of carbonyl (C=O) groups excluding carboxylic acids is 2. The summed E-state index contributed by atoms with van der Waals surface area (Å²) in [7, 11) is 0. The highest BCUT2D eigenvalue weighted by molar-refractivity contribution is 5.99. The Balaban J connectivity index is 2.84. The van der Waals surface area contributed by atoms with Crippen molar-refractivity contribution in [2.24, 2.45) is 0 Å². The quantitative estimate of drug-likeness (QED) is 0.490. The van der Waals surface area contributed by atoms with Crippen LogP contribution < -0.4 is 5.32 Å². The highest BCUT2D eigenvalue weighted by Gasteiger charge is 2.20. The van der Waals surface area contributed by atoms with Gasteiger partial charge in [-0.25, -0.2) is 0 Å². The van der Waals surface area contributed by atoms with Gasteiger partial charge in [-0.15, -0.1) is 0 Å². The third-order valence-electron chi connectivity index (χ3n) is 2.29. The number of ether oxygens (including phenoxy) is 1. The molecule has 0 aliphatic rings. The average Bonchev–Trinajstić information content (AvgIpc) is 2.35. The molecule has 19 heavy (non-hydrogen) atoms. The molecule has 0 unspecified atom stereocenters. The van der Waals surface area contributed by atoms with E-state index in [-0.39, 0.29) is 24.4 Å². The van der Waals surface area contributed by atoms with Crippen molar-refractivity contribution >= 4 is 17.6 Å². The van der Waals surface area contributed by atoms with Crippen LogP contribution in [0.1, 0.15) is 22.8 Å². The van der Waals surface area contributed by atoms with Crippen molar-refractivity contribution in [3.63, 3.8) is 0 Å². The minimum atomic E-state index is -0.677. The van der Waals surface area contributed by atoms with Crippen molar-refractivity contribution < 1.29 is 19.2 Å². The van der Waals surface area contributed by atoms with E-state index in [2.05, 4.69) is 10.1 Å². The molecule has 0 spiro atoms. The number of nitrogens with zero attached hydrogens (tertiary/aromatic N) is 1. The van der Waals surface area contributed by atoms with E-state index in [1.165, 1.54) is 12.1 Å². The Morgan fingerprint density at radius 3 is 2.68 bits per heavy atom. The first-order valence-electron chi connectivity index (χ1n) is 5.64. The summed E-state index contributed by atoms with van der Waals surface area (Å²) in [6.07, 6.45) is 0. The monoisotopic (exact) mass is 266 g/mol. The van der Waals surface area contributed by atoms with Crippen LogP contribution in [-0.4, -0.2) is 30.0 Å². The number of nitro groups is 1. The molecule has 0 saturated heterocycles. The number of aryl methyl sites for hydroxylation is 1. The number of carbonyl (C=O) groups is 2. The molecule has 0 atom stereocenters. The largest absolute Gasteiger partial charge is 0.465 e. The summed E-state index contributed by atoms with van der Waals surface area (Å²) < 4.78 is 4.64. The van der Waals surface area contributed by atoms with Crippen LogP contribution in [0.3, 0.4) is 0 Å². The van der Waals surface area contributed by atoms with Crippen LogP contribution in [0, 0.1) is 17.0 Å². The smallest absolute Gasteiger partial charge is 0.325 e. The van der Waals surface area contributed by atoms with Crippen molar-refractivity contribution in [1.29, 1.82) is 0 Å². The lowest BCUT2D eigenvalue weighted by Crippen LogP contribution is -2.31. The molecule has 0 aliphatic heterocycles. The first-order chi connectivity index (χ1) is 8.95. The molecule has 0 fully saturated rings. The molecule has 1 rings (SSSR count). The van der Waals surface area contributed by atoms with Gasteiger partial charge < -0.3 is 10.1 Å². The first kappa shape index (κ1) is 14.6. The van der Waals surface area contributed by atoms with Gasteiger partial charge in [0.2, 0.25) is 0 Å². The number of rotatable bonds is 5. The maximum absolute atomic E-state index is 11.8. The number of benzene rings is 1. The van der Waals surface area contributed by atoms with Crippen molar-refractivity contribution in [3.05, 3.63) is 39.4 Å². The molecular formula is C12H14N2O5. The van der Waals surface area contributed by atoms with Crippen molar-refractivity contribution in [1.82, 2.24) is 5.32 Å². The number of amides is 1. The maximum atomic E-state index is 11.8. The lowest BCUT2D eigenvalue weighted by Gasteiger charge is -2.06. The molecule has 102 valence electrons. The van der Waals surface area contributed by atoms with Crippen LogP contribution in [0.4, 0.5) is 5.69 Å². The van der Waals surface area contributed by atoms with Crippen LogP contribution in [0.5, 0.6) is 0 Å². The van der Waals surface area contributed by atoms with Crippen LogP contribution in [-0.2, 0) is 9.53 Å². The summed E-state index contributed by atoms with van der Waals surface area (Å²) in [6, 6.07) is 4.20. The van der Waals surface area contributed by atoms with Crippen LogP contribution >= 0.6 is 0 Å². The van der Waals surface area contributed by atoms with Crippen molar-refractivity contribution in [3.8, 4) is 0 Å². The Morgan fingerprint density at radius 1 is 1.42 bits per heavy atom. The number of nitrogens with one attached hydrogen (secondary N) is 1. The first-order valence-corrected chi connectivity index (χ1v) is 5.64. The fourth-order valence-corrected chi connectivity index (χ4v) is 1.45. The van der Waals surface area contributed by atoms with Crippen molar-refractivity contribution in [2.45, 2.75) is 13.8 Å². The summed E-state index contributed by atoms with van der Waals surface area (Å²) in [5.74, 6) is -1.27. The topological polar surface area (TPSA) is 98.5 Å².